The molecule has 1 saturated heterocycles. The summed E-state index contributed by atoms with van der Waals surface area (Å²) in [6.45, 7) is 4.37. The van der Waals surface area contributed by atoms with E-state index in [1.807, 2.05) is 0 Å². The van der Waals surface area contributed by atoms with Crippen molar-refractivity contribution in [1.82, 2.24) is 15.1 Å². The number of hydrogen-bond donors (Lipinski definition) is 2. The number of carbonyl (C=O) groups is 2. The van der Waals surface area contributed by atoms with Gasteiger partial charge in [-0.25, -0.2) is 4.39 Å². The Morgan fingerprint density at radius 2 is 1.78 bits per heavy atom. The van der Waals surface area contributed by atoms with Crippen molar-refractivity contribution in [2.24, 2.45) is 5.92 Å². The number of piperidine rings is 1. The van der Waals surface area contributed by atoms with Gasteiger partial charge in [-0.3, -0.25) is 14.5 Å². The van der Waals surface area contributed by atoms with Crippen molar-refractivity contribution in [3.63, 3.8) is 0 Å². The Labute approximate surface area is 212 Å². The maximum absolute atomic E-state index is 14.1. The van der Waals surface area contributed by atoms with Gasteiger partial charge >= 0.3 is 0 Å². The number of anilines is 1. The molecule has 3 aromatic rings. The van der Waals surface area contributed by atoms with Gasteiger partial charge in [0.25, 0.3) is 0 Å². The zero-order chi connectivity index (χ0) is 25.7. The van der Waals surface area contributed by atoms with Crippen LogP contribution < -0.4 is 10.6 Å². The van der Waals surface area contributed by atoms with Crippen LogP contribution in [0.3, 0.4) is 0 Å². The van der Waals surface area contributed by atoms with E-state index in [1.54, 1.807) is 25.1 Å². The lowest BCUT2D eigenvalue weighted by atomic mass is 9.92. The predicted molar refractivity (Wildman–Crippen MR) is 142 cm³/mol. The third kappa shape index (κ3) is 6.47. The first-order valence-corrected chi connectivity index (χ1v) is 12.5. The maximum atomic E-state index is 14.1. The summed E-state index contributed by atoms with van der Waals surface area (Å²) in [6, 6.07) is 19.5. The van der Waals surface area contributed by atoms with E-state index in [-0.39, 0.29) is 36.9 Å². The van der Waals surface area contributed by atoms with Crippen LogP contribution in [0.1, 0.15) is 36.9 Å². The molecule has 0 spiro atoms. The van der Waals surface area contributed by atoms with Gasteiger partial charge in [-0.2, -0.15) is 0 Å². The molecule has 1 heterocycles. The van der Waals surface area contributed by atoms with E-state index in [9.17, 15) is 14.0 Å². The van der Waals surface area contributed by atoms with Crippen molar-refractivity contribution in [1.29, 1.82) is 0 Å². The molecule has 0 bridgehead atoms. The van der Waals surface area contributed by atoms with Crippen molar-refractivity contribution in [3.05, 3.63) is 77.6 Å². The van der Waals surface area contributed by atoms with Crippen LogP contribution in [0.25, 0.3) is 10.8 Å². The van der Waals surface area contributed by atoms with E-state index >= 15 is 0 Å². The van der Waals surface area contributed by atoms with E-state index in [0.717, 1.165) is 25.9 Å². The highest BCUT2D eigenvalue weighted by molar-refractivity contribution is 5.92. The molecule has 1 fully saturated rings. The van der Waals surface area contributed by atoms with Gasteiger partial charge < -0.3 is 15.5 Å². The molecule has 0 aromatic heterocycles. The molecular formula is C29H35FN4O2. The minimum absolute atomic E-state index is 0.00471. The summed E-state index contributed by atoms with van der Waals surface area (Å²) in [6.07, 6.45) is 1.58. The highest BCUT2D eigenvalue weighted by Gasteiger charge is 2.28. The lowest BCUT2D eigenvalue weighted by Crippen LogP contribution is -2.41. The minimum atomic E-state index is -0.447. The number of nitrogens with zero attached hydrogens (tertiary/aromatic N) is 2. The number of rotatable bonds is 8. The standard InChI is InChI=1S/C29H35FN4O2/c1-20(26-10-6-8-22-7-4-5-9-27(22)26)34-13-11-23(12-14-34)29(36)31-18-21-15-24(30)17-25(16-21)32-28(35)19-33(2)3/h4-10,15-17,20,23H,11-14,18-19H2,1-3H3,(H,31,36)(H,32,35)/t20-/m1/s1. The molecule has 1 aliphatic heterocycles. The van der Waals surface area contributed by atoms with Crippen LogP contribution in [0, 0.1) is 11.7 Å². The second-order valence-corrected chi connectivity index (χ2v) is 9.91. The molecule has 0 unspecified atom stereocenters. The third-order valence-electron chi connectivity index (χ3n) is 6.89. The first-order chi connectivity index (χ1) is 17.3. The maximum Gasteiger partial charge on any atom is 0.238 e. The van der Waals surface area contributed by atoms with Gasteiger partial charge in [-0.15, -0.1) is 0 Å². The first-order valence-electron chi connectivity index (χ1n) is 12.5. The molecule has 0 saturated carbocycles. The number of carbonyl (C=O) groups excluding carboxylic acids is 2. The summed E-state index contributed by atoms with van der Waals surface area (Å²) < 4.78 is 14.1. The van der Waals surface area contributed by atoms with Crippen molar-refractivity contribution in [2.75, 3.05) is 39.0 Å². The van der Waals surface area contributed by atoms with E-state index in [2.05, 4.69) is 64.9 Å². The average molecular weight is 491 g/mol. The minimum Gasteiger partial charge on any atom is -0.352 e. The van der Waals surface area contributed by atoms with Gasteiger partial charge in [0.2, 0.25) is 11.8 Å². The number of benzene rings is 3. The highest BCUT2D eigenvalue weighted by Crippen LogP contribution is 2.31. The van der Waals surface area contributed by atoms with Crippen LogP contribution in [0.2, 0.25) is 0 Å². The summed E-state index contributed by atoms with van der Waals surface area (Å²) in [5, 5.41) is 8.19. The van der Waals surface area contributed by atoms with Gasteiger partial charge in [0.15, 0.2) is 0 Å². The van der Waals surface area contributed by atoms with Gasteiger partial charge in [-0.1, -0.05) is 42.5 Å². The highest BCUT2D eigenvalue weighted by atomic mass is 19.1. The lowest BCUT2D eigenvalue weighted by molar-refractivity contribution is -0.126. The summed E-state index contributed by atoms with van der Waals surface area (Å²) in [5.74, 6) is -0.730. The average Bonchev–Trinajstić information content (AvgIpc) is 2.85. The molecule has 6 nitrogen and oxygen atoms in total. The summed E-state index contributed by atoms with van der Waals surface area (Å²) >= 11 is 0. The molecule has 7 heteroatoms. The van der Waals surface area contributed by atoms with Crippen LogP contribution >= 0.6 is 0 Å². The molecule has 2 amide bonds. The fourth-order valence-corrected chi connectivity index (χ4v) is 5.01. The molecule has 1 aliphatic rings. The number of nitrogens with one attached hydrogen (secondary N) is 2. The lowest BCUT2D eigenvalue weighted by Gasteiger charge is -2.36. The van der Waals surface area contributed by atoms with E-state index in [1.165, 1.54) is 28.5 Å². The summed E-state index contributed by atoms with van der Waals surface area (Å²) in [5.41, 5.74) is 2.32. The largest absolute Gasteiger partial charge is 0.352 e. The van der Waals surface area contributed by atoms with E-state index in [4.69, 9.17) is 0 Å². The molecule has 0 aliphatic carbocycles. The second-order valence-electron chi connectivity index (χ2n) is 9.91. The van der Waals surface area contributed by atoms with Gasteiger partial charge in [-0.05, 0) is 87.0 Å². The molecular weight excluding hydrogens is 455 g/mol. The summed E-state index contributed by atoms with van der Waals surface area (Å²) in [7, 11) is 3.59. The molecule has 36 heavy (non-hydrogen) atoms. The second kappa shape index (κ2) is 11.6. The van der Waals surface area contributed by atoms with Crippen molar-refractivity contribution in [2.45, 2.75) is 32.4 Å². The van der Waals surface area contributed by atoms with Crippen LogP contribution in [0.15, 0.2) is 60.7 Å². The van der Waals surface area contributed by atoms with Crippen molar-refractivity contribution in [3.8, 4) is 0 Å². The number of fused-ring (bicyclic) bond motifs is 1. The number of amides is 2. The van der Waals surface area contributed by atoms with Crippen LogP contribution in [0.5, 0.6) is 0 Å². The van der Waals surface area contributed by atoms with Gasteiger partial charge in [0, 0.05) is 24.2 Å². The smallest absolute Gasteiger partial charge is 0.238 e. The SMILES string of the molecule is C[C@H](c1cccc2ccccc12)N1CCC(C(=O)NCc2cc(F)cc(NC(=O)CN(C)C)c2)CC1. The fraction of sp³-hybridized carbons (Fsp3) is 0.379. The number of halogens is 1. The molecule has 190 valence electrons. The van der Waals surface area contributed by atoms with E-state index in [0.29, 0.717) is 11.3 Å². The Kier molecular flexibility index (Phi) is 8.33. The Bertz CT molecular complexity index is 1220. The number of hydrogen-bond acceptors (Lipinski definition) is 4. The Morgan fingerprint density at radius 3 is 2.53 bits per heavy atom. The van der Waals surface area contributed by atoms with Gasteiger partial charge in [0.05, 0.1) is 6.54 Å². The molecule has 0 radical (unpaired) electrons. The zero-order valence-electron chi connectivity index (χ0n) is 21.3. The number of likely N-dealkylation sites (N-methyl/N-ethyl adjacent to an activating group) is 1. The topological polar surface area (TPSA) is 64.7 Å². The zero-order valence-corrected chi connectivity index (χ0v) is 21.3. The summed E-state index contributed by atoms with van der Waals surface area (Å²) in [4.78, 5) is 29.0. The molecule has 2 N–H and O–H groups in total. The predicted octanol–water partition coefficient (Wildman–Crippen LogP) is 4.57. The van der Waals surface area contributed by atoms with Crippen molar-refractivity contribution < 1.29 is 14.0 Å². The quantitative estimate of drug-likeness (QED) is 0.486. The fourth-order valence-electron chi connectivity index (χ4n) is 5.01. The Morgan fingerprint density at radius 1 is 1.06 bits per heavy atom. The molecule has 4 rings (SSSR count). The van der Waals surface area contributed by atoms with Crippen molar-refractivity contribution >= 4 is 28.3 Å². The Balaban J connectivity index is 1.30. The monoisotopic (exact) mass is 490 g/mol. The van der Waals surface area contributed by atoms with E-state index < -0.39 is 5.82 Å². The third-order valence-corrected chi connectivity index (χ3v) is 6.89. The molecule has 3 aromatic carbocycles. The normalized spacial score (nSPS) is 15.7. The first kappa shape index (κ1) is 25.8. The van der Waals surface area contributed by atoms with Gasteiger partial charge in [0.1, 0.15) is 5.82 Å². The van der Waals surface area contributed by atoms with Crippen LogP contribution in [-0.4, -0.2) is 55.3 Å². The Hall–Kier alpha value is -3.29. The molecule has 1 atom stereocenters. The van der Waals surface area contributed by atoms with Crippen LogP contribution in [-0.2, 0) is 16.1 Å². The number of likely N-dealkylation sites (tertiary alicyclic amines) is 1. The van der Waals surface area contributed by atoms with Crippen LogP contribution in [0.4, 0.5) is 10.1 Å².